The zero-order valence-corrected chi connectivity index (χ0v) is 16.7. The van der Waals surface area contributed by atoms with Crippen molar-refractivity contribution in [3.63, 3.8) is 0 Å². The summed E-state index contributed by atoms with van der Waals surface area (Å²) in [6.07, 6.45) is 4.79. The highest BCUT2D eigenvalue weighted by Crippen LogP contribution is 2.20. The Hall–Kier alpha value is -0.700. The molecule has 2 aliphatic heterocycles. The highest BCUT2D eigenvalue weighted by molar-refractivity contribution is 7.86. The van der Waals surface area contributed by atoms with Crippen LogP contribution in [0.15, 0.2) is 0 Å². The maximum Gasteiger partial charge on any atom is 0.281 e. The van der Waals surface area contributed by atoms with E-state index in [9.17, 15) is 13.2 Å². The molecule has 2 aliphatic rings. The van der Waals surface area contributed by atoms with Gasteiger partial charge in [0.2, 0.25) is 5.91 Å². The summed E-state index contributed by atoms with van der Waals surface area (Å²) in [5.41, 5.74) is 0. The molecular formula is C17H34N4O3S. The van der Waals surface area contributed by atoms with E-state index >= 15 is 0 Å². The molecule has 0 saturated carbocycles. The second-order valence-corrected chi connectivity index (χ2v) is 9.80. The minimum atomic E-state index is -3.36. The largest absolute Gasteiger partial charge is 0.356 e. The van der Waals surface area contributed by atoms with Crippen molar-refractivity contribution in [2.45, 2.75) is 39.0 Å². The molecule has 0 aliphatic carbocycles. The smallest absolute Gasteiger partial charge is 0.281 e. The lowest BCUT2D eigenvalue weighted by Crippen LogP contribution is -2.47. The third-order valence-corrected chi connectivity index (χ3v) is 7.24. The molecule has 0 aromatic heterocycles. The second-order valence-electron chi connectivity index (χ2n) is 7.66. The van der Waals surface area contributed by atoms with Crippen LogP contribution >= 0.6 is 0 Å². The van der Waals surface area contributed by atoms with Gasteiger partial charge in [-0.15, -0.1) is 0 Å². The van der Waals surface area contributed by atoms with E-state index in [1.54, 1.807) is 0 Å². The topological polar surface area (TPSA) is 73.0 Å². The maximum atomic E-state index is 12.3. The standard InChI is InChI=1S/C17H34N4O3S/c1-15-6-4-10-20(14-15)11-5-9-18-17(22)16-7-12-21(13-8-16)25(23,24)19(2)3/h15-16H,4-14H2,1-3H3,(H,18,22)/t15-/m0/s1. The Bertz CT molecular complexity index is 530. The molecule has 8 heteroatoms. The first-order valence-corrected chi connectivity index (χ1v) is 10.9. The molecule has 1 atom stereocenters. The summed E-state index contributed by atoms with van der Waals surface area (Å²) in [6.45, 7) is 7.25. The average molecular weight is 375 g/mol. The first-order chi connectivity index (χ1) is 11.8. The van der Waals surface area contributed by atoms with Gasteiger partial charge >= 0.3 is 0 Å². The van der Waals surface area contributed by atoms with E-state index in [-0.39, 0.29) is 11.8 Å². The van der Waals surface area contributed by atoms with E-state index in [4.69, 9.17) is 0 Å². The summed E-state index contributed by atoms with van der Waals surface area (Å²) in [5, 5.41) is 3.04. The molecule has 2 rings (SSSR count). The first kappa shape index (κ1) is 20.6. The van der Waals surface area contributed by atoms with Gasteiger partial charge in [0, 0.05) is 46.2 Å². The Balaban J connectivity index is 1.64. The molecule has 1 amide bonds. The summed E-state index contributed by atoms with van der Waals surface area (Å²) in [4.78, 5) is 14.8. The lowest BCUT2D eigenvalue weighted by atomic mass is 9.97. The number of likely N-dealkylation sites (tertiary alicyclic amines) is 1. The third kappa shape index (κ3) is 5.91. The lowest BCUT2D eigenvalue weighted by molar-refractivity contribution is -0.126. The van der Waals surface area contributed by atoms with Crippen LogP contribution in [0.5, 0.6) is 0 Å². The highest BCUT2D eigenvalue weighted by atomic mass is 32.2. The summed E-state index contributed by atoms with van der Waals surface area (Å²) in [7, 11) is -0.280. The van der Waals surface area contributed by atoms with Crippen LogP contribution in [0.1, 0.15) is 39.0 Å². The normalized spacial score (nSPS) is 24.6. The number of rotatable bonds is 7. The lowest BCUT2D eigenvalue weighted by Gasteiger charge is -2.32. The van der Waals surface area contributed by atoms with Crippen LogP contribution in [0.25, 0.3) is 0 Å². The summed E-state index contributed by atoms with van der Waals surface area (Å²) < 4.78 is 26.9. The van der Waals surface area contributed by atoms with E-state index in [0.717, 1.165) is 18.9 Å². The van der Waals surface area contributed by atoms with Gasteiger partial charge in [0.1, 0.15) is 0 Å². The minimum absolute atomic E-state index is 0.0661. The van der Waals surface area contributed by atoms with Gasteiger partial charge in [-0.2, -0.15) is 17.0 Å². The van der Waals surface area contributed by atoms with Crippen molar-refractivity contribution < 1.29 is 13.2 Å². The van der Waals surface area contributed by atoms with Crippen molar-refractivity contribution in [3.8, 4) is 0 Å². The van der Waals surface area contributed by atoms with Crippen LogP contribution in [-0.4, -0.2) is 81.2 Å². The molecule has 0 bridgehead atoms. The Labute approximate surface area is 152 Å². The number of nitrogens with one attached hydrogen (secondary N) is 1. The van der Waals surface area contributed by atoms with Gasteiger partial charge in [-0.1, -0.05) is 6.92 Å². The van der Waals surface area contributed by atoms with E-state index in [2.05, 4.69) is 17.1 Å². The van der Waals surface area contributed by atoms with Crippen molar-refractivity contribution in [2.24, 2.45) is 11.8 Å². The number of hydrogen-bond donors (Lipinski definition) is 1. The van der Waals surface area contributed by atoms with Crippen molar-refractivity contribution >= 4 is 16.1 Å². The zero-order valence-electron chi connectivity index (χ0n) is 15.9. The van der Waals surface area contributed by atoms with Crippen LogP contribution in [0.4, 0.5) is 0 Å². The Morgan fingerprint density at radius 3 is 2.44 bits per heavy atom. The van der Waals surface area contributed by atoms with Crippen molar-refractivity contribution in [1.29, 1.82) is 0 Å². The number of carbonyl (C=O) groups excluding carboxylic acids is 1. The summed E-state index contributed by atoms with van der Waals surface area (Å²) >= 11 is 0. The minimum Gasteiger partial charge on any atom is -0.356 e. The molecule has 2 heterocycles. The molecule has 1 N–H and O–H groups in total. The van der Waals surface area contributed by atoms with Gasteiger partial charge < -0.3 is 10.2 Å². The van der Waals surface area contributed by atoms with Crippen molar-refractivity contribution in [2.75, 3.05) is 53.4 Å². The molecule has 0 spiro atoms. The van der Waals surface area contributed by atoms with Crippen LogP contribution in [0, 0.1) is 11.8 Å². The molecular weight excluding hydrogens is 340 g/mol. The van der Waals surface area contributed by atoms with Gasteiger partial charge in [0.05, 0.1) is 0 Å². The molecule has 7 nitrogen and oxygen atoms in total. The van der Waals surface area contributed by atoms with Gasteiger partial charge in [-0.3, -0.25) is 4.79 Å². The molecule has 0 radical (unpaired) electrons. The molecule has 0 unspecified atom stereocenters. The second kappa shape index (κ2) is 9.30. The number of piperidine rings is 2. The molecule has 0 aromatic carbocycles. The molecule has 146 valence electrons. The monoisotopic (exact) mass is 374 g/mol. The van der Waals surface area contributed by atoms with Crippen LogP contribution in [-0.2, 0) is 15.0 Å². The summed E-state index contributed by atoms with van der Waals surface area (Å²) in [6, 6.07) is 0. The van der Waals surface area contributed by atoms with Crippen molar-refractivity contribution in [1.82, 2.24) is 18.8 Å². The van der Waals surface area contributed by atoms with E-state index in [1.807, 2.05) is 0 Å². The fraction of sp³-hybridized carbons (Fsp3) is 0.941. The van der Waals surface area contributed by atoms with Crippen LogP contribution in [0.3, 0.4) is 0 Å². The Morgan fingerprint density at radius 2 is 1.84 bits per heavy atom. The molecule has 0 aromatic rings. The maximum absolute atomic E-state index is 12.3. The predicted molar refractivity (Wildman–Crippen MR) is 99.4 cm³/mol. The fourth-order valence-corrected chi connectivity index (χ4v) is 4.86. The zero-order chi connectivity index (χ0) is 18.4. The number of nitrogens with zero attached hydrogens (tertiary/aromatic N) is 3. The number of amides is 1. The Morgan fingerprint density at radius 1 is 1.16 bits per heavy atom. The first-order valence-electron chi connectivity index (χ1n) is 9.48. The van der Waals surface area contributed by atoms with E-state index in [0.29, 0.717) is 32.5 Å². The molecule has 2 saturated heterocycles. The highest BCUT2D eigenvalue weighted by Gasteiger charge is 2.32. The number of hydrogen-bond acceptors (Lipinski definition) is 4. The van der Waals surface area contributed by atoms with E-state index in [1.165, 1.54) is 48.6 Å². The van der Waals surface area contributed by atoms with Crippen molar-refractivity contribution in [3.05, 3.63) is 0 Å². The SMILES string of the molecule is C[C@H]1CCCN(CCCNC(=O)C2CCN(S(=O)(=O)N(C)C)CC2)C1. The molecule has 25 heavy (non-hydrogen) atoms. The summed E-state index contributed by atoms with van der Waals surface area (Å²) in [5.74, 6) is 0.796. The average Bonchev–Trinajstić information content (AvgIpc) is 2.58. The van der Waals surface area contributed by atoms with Gasteiger partial charge in [-0.05, 0) is 51.1 Å². The Kier molecular flexibility index (Phi) is 7.67. The predicted octanol–water partition coefficient (Wildman–Crippen LogP) is 0.743. The van der Waals surface area contributed by atoms with Gasteiger partial charge in [-0.25, -0.2) is 0 Å². The van der Waals surface area contributed by atoms with E-state index < -0.39 is 10.2 Å². The van der Waals surface area contributed by atoms with Crippen LogP contribution < -0.4 is 5.32 Å². The molecule has 2 fully saturated rings. The quantitative estimate of drug-likeness (QED) is 0.667. The van der Waals surface area contributed by atoms with Gasteiger partial charge in [0.25, 0.3) is 10.2 Å². The third-order valence-electron chi connectivity index (χ3n) is 5.30. The number of carbonyl (C=O) groups is 1. The fourth-order valence-electron chi connectivity index (χ4n) is 3.73. The van der Waals surface area contributed by atoms with Crippen LogP contribution in [0.2, 0.25) is 0 Å². The van der Waals surface area contributed by atoms with Gasteiger partial charge in [0.15, 0.2) is 0 Å².